The lowest BCUT2D eigenvalue weighted by Gasteiger charge is -2.28. The summed E-state index contributed by atoms with van der Waals surface area (Å²) in [7, 11) is 0. The van der Waals surface area contributed by atoms with Crippen molar-refractivity contribution in [2.24, 2.45) is 17.7 Å². The van der Waals surface area contributed by atoms with Gasteiger partial charge in [-0.15, -0.1) is 0 Å². The topological polar surface area (TPSA) is 65.3 Å². The quantitative estimate of drug-likeness (QED) is 0.141. The van der Waals surface area contributed by atoms with E-state index in [9.17, 15) is 0 Å². The van der Waals surface area contributed by atoms with Crippen LogP contribution >= 0.6 is 0 Å². The predicted molar refractivity (Wildman–Crippen MR) is 149 cm³/mol. The van der Waals surface area contributed by atoms with E-state index in [0.717, 1.165) is 44.4 Å². The summed E-state index contributed by atoms with van der Waals surface area (Å²) in [4.78, 5) is 0. The van der Waals surface area contributed by atoms with Crippen LogP contribution in [0.4, 0.5) is 0 Å². The van der Waals surface area contributed by atoms with Crippen LogP contribution in [-0.2, 0) is 11.1 Å². The third kappa shape index (κ3) is 6.76. The molecule has 5 heteroatoms. The molecule has 2 aromatic rings. The van der Waals surface area contributed by atoms with Gasteiger partial charge in [-0.2, -0.15) is 0 Å². The third-order valence-electron chi connectivity index (χ3n) is 8.79. The van der Waals surface area contributed by atoms with Crippen molar-refractivity contribution in [3.63, 3.8) is 0 Å². The van der Waals surface area contributed by atoms with Crippen LogP contribution in [0.25, 0.3) is 0 Å². The number of rotatable bonds is 18. The smallest absolute Gasteiger partial charge is 0.0601 e. The fraction of sp³-hybridized carbons (Fsp3) is 0.613. The van der Waals surface area contributed by atoms with Crippen LogP contribution in [0, 0.1) is 11.8 Å². The first-order chi connectivity index (χ1) is 17.7. The summed E-state index contributed by atoms with van der Waals surface area (Å²) in [6.45, 7) is 6.74. The van der Waals surface area contributed by atoms with Crippen LogP contribution in [0.5, 0.6) is 0 Å². The minimum atomic E-state index is 0.112. The van der Waals surface area contributed by atoms with Gasteiger partial charge in [-0.05, 0) is 113 Å². The minimum absolute atomic E-state index is 0.112. The molecular formula is C31H47N5. The monoisotopic (exact) mass is 489 g/mol. The Morgan fingerprint density at radius 2 is 1.25 bits per heavy atom. The van der Waals surface area contributed by atoms with Crippen molar-refractivity contribution in [1.29, 1.82) is 0 Å². The Bertz CT molecular complexity index is 909. The molecular weight excluding hydrogens is 442 g/mol. The molecule has 36 heavy (non-hydrogen) atoms. The van der Waals surface area contributed by atoms with E-state index in [1.807, 2.05) is 0 Å². The van der Waals surface area contributed by atoms with Crippen molar-refractivity contribution in [3.05, 3.63) is 71.8 Å². The molecule has 0 aliphatic heterocycles. The van der Waals surface area contributed by atoms with E-state index in [4.69, 9.17) is 5.84 Å². The fourth-order valence-corrected chi connectivity index (χ4v) is 5.89. The molecule has 0 saturated heterocycles. The lowest BCUT2D eigenvalue weighted by Crippen LogP contribution is -2.42. The van der Waals surface area contributed by atoms with Gasteiger partial charge in [-0.1, -0.05) is 60.7 Å². The molecule has 3 fully saturated rings. The number of nitrogens with zero attached hydrogens (tertiary/aromatic N) is 1. The highest BCUT2D eigenvalue weighted by atomic mass is 15.5. The van der Waals surface area contributed by atoms with Crippen LogP contribution in [0.3, 0.4) is 0 Å². The Kier molecular flexibility index (Phi) is 8.76. The molecule has 3 aliphatic carbocycles. The zero-order valence-electron chi connectivity index (χ0n) is 22.1. The second-order valence-corrected chi connectivity index (χ2v) is 11.5. The lowest BCUT2D eigenvalue weighted by molar-refractivity contribution is 0.176. The maximum atomic E-state index is 6.47. The molecule has 5 N–H and O–H groups in total. The zero-order valence-corrected chi connectivity index (χ0v) is 22.1. The van der Waals surface area contributed by atoms with Gasteiger partial charge in [0.05, 0.1) is 5.54 Å². The number of hydrogen-bond acceptors (Lipinski definition) is 5. The van der Waals surface area contributed by atoms with Gasteiger partial charge in [-0.25, -0.2) is 5.01 Å². The van der Waals surface area contributed by atoms with Gasteiger partial charge < -0.3 is 16.0 Å². The van der Waals surface area contributed by atoms with E-state index in [-0.39, 0.29) is 11.1 Å². The Balaban J connectivity index is 0.832. The van der Waals surface area contributed by atoms with E-state index in [2.05, 4.69) is 81.6 Å². The number of unbranched alkanes of at least 4 members (excludes halogenated alkanes) is 2. The first-order valence-corrected chi connectivity index (χ1v) is 14.5. The van der Waals surface area contributed by atoms with E-state index in [1.165, 1.54) is 75.6 Å². The molecule has 2 aromatic carbocycles. The predicted octanol–water partition coefficient (Wildman–Crippen LogP) is 4.51. The number of nitrogens with two attached hydrogens (primary N) is 1. The van der Waals surface area contributed by atoms with Gasteiger partial charge in [0.1, 0.15) is 0 Å². The van der Waals surface area contributed by atoms with E-state index in [0.29, 0.717) is 0 Å². The number of hydrazine groups is 1. The SMILES string of the molecule is NN(CCCCNCC1CC1CNCCCCNC1(c2ccccc2)CC1)C1(c2ccccc2)CC1. The molecule has 5 nitrogen and oxygen atoms in total. The maximum Gasteiger partial charge on any atom is 0.0601 e. The van der Waals surface area contributed by atoms with Gasteiger partial charge in [-0.3, -0.25) is 5.84 Å². The molecule has 0 bridgehead atoms. The Labute approximate surface area is 218 Å². The zero-order chi connectivity index (χ0) is 24.7. The molecule has 2 unspecified atom stereocenters. The highest BCUT2D eigenvalue weighted by molar-refractivity contribution is 5.30. The van der Waals surface area contributed by atoms with Gasteiger partial charge in [0, 0.05) is 12.1 Å². The molecule has 0 radical (unpaired) electrons. The van der Waals surface area contributed by atoms with Crippen molar-refractivity contribution in [3.8, 4) is 0 Å². The van der Waals surface area contributed by atoms with Crippen molar-refractivity contribution in [2.45, 2.75) is 68.9 Å². The van der Waals surface area contributed by atoms with Crippen LogP contribution in [0.1, 0.15) is 68.9 Å². The second-order valence-electron chi connectivity index (χ2n) is 11.5. The van der Waals surface area contributed by atoms with Crippen molar-refractivity contribution in [2.75, 3.05) is 39.3 Å². The molecule has 0 heterocycles. The van der Waals surface area contributed by atoms with E-state index >= 15 is 0 Å². The number of benzene rings is 2. The molecule has 3 aliphatic rings. The molecule has 2 atom stereocenters. The fourth-order valence-electron chi connectivity index (χ4n) is 5.89. The summed E-state index contributed by atoms with van der Waals surface area (Å²) in [5.41, 5.74) is 3.24. The average molecular weight is 490 g/mol. The summed E-state index contributed by atoms with van der Waals surface area (Å²) in [5.74, 6) is 8.22. The van der Waals surface area contributed by atoms with Crippen molar-refractivity contribution in [1.82, 2.24) is 21.0 Å². The Morgan fingerprint density at radius 1 is 0.694 bits per heavy atom. The van der Waals surface area contributed by atoms with Crippen LogP contribution in [0.15, 0.2) is 60.7 Å². The number of nitrogens with one attached hydrogen (secondary N) is 3. The van der Waals surface area contributed by atoms with Crippen LogP contribution in [-0.4, -0.2) is 44.3 Å². The summed E-state index contributed by atoms with van der Waals surface area (Å²) in [5, 5.41) is 13.3. The molecule has 0 aromatic heterocycles. The van der Waals surface area contributed by atoms with Crippen molar-refractivity contribution < 1.29 is 0 Å². The molecule has 3 saturated carbocycles. The Morgan fingerprint density at radius 3 is 1.83 bits per heavy atom. The average Bonchev–Trinajstić information content (AvgIpc) is 3.80. The standard InChI is InChI=1S/C31H47N5/c32-36(31(17-18-31)29-13-5-2-6-14-29)22-10-9-20-34-25-27-23-26(27)24-33-19-7-8-21-35-30(15-16-30)28-11-3-1-4-12-28/h1-6,11-14,26-27,33-35H,7-10,15-25,32H2. The van der Waals surface area contributed by atoms with Gasteiger partial charge >= 0.3 is 0 Å². The Hall–Kier alpha value is -1.76. The largest absolute Gasteiger partial charge is 0.316 e. The normalized spacial score (nSPS) is 23.1. The van der Waals surface area contributed by atoms with E-state index in [1.54, 1.807) is 0 Å². The highest BCUT2D eigenvalue weighted by Gasteiger charge is 2.48. The van der Waals surface area contributed by atoms with Gasteiger partial charge in [0.2, 0.25) is 0 Å². The molecule has 0 amide bonds. The number of hydrogen-bond donors (Lipinski definition) is 4. The maximum absolute atomic E-state index is 6.47. The summed E-state index contributed by atoms with van der Waals surface area (Å²) < 4.78 is 0. The van der Waals surface area contributed by atoms with Gasteiger partial charge in [0.25, 0.3) is 0 Å². The first kappa shape index (κ1) is 25.9. The lowest BCUT2D eigenvalue weighted by atomic mass is 10.0. The second kappa shape index (κ2) is 12.2. The molecule has 0 spiro atoms. The molecule has 196 valence electrons. The highest BCUT2D eigenvalue weighted by Crippen LogP contribution is 2.49. The first-order valence-electron chi connectivity index (χ1n) is 14.5. The summed E-state index contributed by atoms with van der Waals surface area (Å²) in [6, 6.07) is 21.8. The molecule has 5 rings (SSSR count). The van der Waals surface area contributed by atoms with Crippen LogP contribution in [0.2, 0.25) is 0 Å². The third-order valence-corrected chi connectivity index (χ3v) is 8.79. The van der Waals surface area contributed by atoms with Crippen molar-refractivity contribution >= 4 is 0 Å². The minimum Gasteiger partial charge on any atom is -0.316 e. The van der Waals surface area contributed by atoms with Crippen LogP contribution < -0.4 is 21.8 Å². The van der Waals surface area contributed by atoms with E-state index < -0.39 is 0 Å². The summed E-state index contributed by atoms with van der Waals surface area (Å²) in [6.07, 6.45) is 11.2. The van der Waals surface area contributed by atoms with Gasteiger partial charge in [0.15, 0.2) is 0 Å². The summed E-state index contributed by atoms with van der Waals surface area (Å²) >= 11 is 0.